The number of anilines is 1. The predicted octanol–water partition coefficient (Wildman–Crippen LogP) is 2.90. The van der Waals surface area contributed by atoms with E-state index in [1.807, 2.05) is 12.1 Å². The van der Waals surface area contributed by atoms with Gasteiger partial charge in [-0.15, -0.1) is 24.8 Å². The van der Waals surface area contributed by atoms with E-state index in [1.165, 1.54) is 11.3 Å². The maximum absolute atomic E-state index is 6.09. The van der Waals surface area contributed by atoms with E-state index in [9.17, 15) is 0 Å². The van der Waals surface area contributed by atoms with Crippen LogP contribution < -0.4 is 10.2 Å². The summed E-state index contributed by atoms with van der Waals surface area (Å²) in [6.07, 6.45) is 0. The molecule has 1 saturated heterocycles. The Morgan fingerprint density at radius 1 is 1.19 bits per heavy atom. The molecule has 1 heterocycles. The molecule has 1 fully saturated rings. The summed E-state index contributed by atoms with van der Waals surface area (Å²) in [6.45, 7) is 6.35. The van der Waals surface area contributed by atoms with Crippen LogP contribution in [0.3, 0.4) is 0 Å². The van der Waals surface area contributed by atoms with Crippen molar-refractivity contribution < 1.29 is 0 Å². The molecule has 0 spiro atoms. The summed E-state index contributed by atoms with van der Waals surface area (Å²) in [5.41, 5.74) is 2.47. The second-order valence-corrected chi connectivity index (χ2v) is 4.03. The molecule has 2 nitrogen and oxygen atoms in total. The molecule has 1 aliphatic rings. The van der Waals surface area contributed by atoms with Crippen LogP contribution in [0.15, 0.2) is 18.2 Å². The van der Waals surface area contributed by atoms with Crippen molar-refractivity contribution in [1.29, 1.82) is 0 Å². The number of hydrogen-bond acceptors (Lipinski definition) is 2. The fourth-order valence-corrected chi connectivity index (χ4v) is 2.01. The van der Waals surface area contributed by atoms with Crippen molar-refractivity contribution in [2.24, 2.45) is 0 Å². The highest BCUT2D eigenvalue weighted by molar-refractivity contribution is 6.31. The molecule has 92 valence electrons. The van der Waals surface area contributed by atoms with Gasteiger partial charge in [0.2, 0.25) is 0 Å². The average Bonchev–Trinajstić information content (AvgIpc) is 2.23. The molecule has 0 bridgehead atoms. The van der Waals surface area contributed by atoms with Gasteiger partial charge in [-0.2, -0.15) is 0 Å². The first-order valence-corrected chi connectivity index (χ1v) is 5.37. The molecule has 1 N–H and O–H groups in total. The second-order valence-electron chi connectivity index (χ2n) is 3.62. The van der Waals surface area contributed by atoms with E-state index in [1.54, 1.807) is 0 Å². The lowest BCUT2D eigenvalue weighted by atomic mass is 10.1. The van der Waals surface area contributed by atoms with Gasteiger partial charge in [0.15, 0.2) is 0 Å². The summed E-state index contributed by atoms with van der Waals surface area (Å²) in [5, 5.41) is 4.21. The van der Waals surface area contributed by atoms with Crippen molar-refractivity contribution >= 4 is 42.1 Å². The number of nitrogens with zero attached hydrogens (tertiary/aromatic N) is 1. The number of piperazine rings is 1. The Morgan fingerprint density at radius 3 is 2.44 bits per heavy atom. The number of nitrogens with one attached hydrogen (secondary N) is 1. The molecule has 0 unspecified atom stereocenters. The minimum Gasteiger partial charge on any atom is -0.369 e. The van der Waals surface area contributed by atoms with Crippen LogP contribution in [-0.4, -0.2) is 26.2 Å². The summed E-state index contributed by atoms with van der Waals surface area (Å²) in [7, 11) is 0. The van der Waals surface area contributed by atoms with Gasteiger partial charge in [0, 0.05) is 36.9 Å². The number of benzene rings is 1. The molecule has 0 aliphatic carbocycles. The number of hydrogen-bond donors (Lipinski definition) is 1. The van der Waals surface area contributed by atoms with Crippen LogP contribution in [-0.2, 0) is 0 Å². The third kappa shape index (κ3) is 3.42. The molecule has 0 radical (unpaired) electrons. The van der Waals surface area contributed by atoms with Crippen LogP contribution in [0, 0.1) is 6.92 Å². The lowest BCUT2D eigenvalue weighted by molar-refractivity contribution is 0.588. The summed E-state index contributed by atoms with van der Waals surface area (Å²) >= 11 is 6.09. The SMILES string of the molecule is Cc1c(Cl)cccc1N1CCNCC1.Cl.Cl. The Morgan fingerprint density at radius 2 is 1.81 bits per heavy atom. The molecule has 2 rings (SSSR count). The second kappa shape index (κ2) is 7.23. The Hall–Kier alpha value is -0.150. The van der Waals surface area contributed by atoms with Gasteiger partial charge in [-0.25, -0.2) is 0 Å². The Bertz CT molecular complexity index is 325. The zero-order valence-corrected chi connectivity index (χ0v) is 11.6. The van der Waals surface area contributed by atoms with Gasteiger partial charge < -0.3 is 10.2 Å². The predicted molar refractivity (Wildman–Crippen MR) is 75.8 cm³/mol. The van der Waals surface area contributed by atoms with Crippen molar-refractivity contribution in [2.45, 2.75) is 6.92 Å². The van der Waals surface area contributed by atoms with Crippen LogP contribution in [0.1, 0.15) is 5.56 Å². The maximum Gasteiger partial charge on any atom is 0.0455 e. The first kappa shape index (κ1) is 15.9. The normalized spacial score (nSPS) is 15.0. The largest absolute Gasteiger partial charge is 0.369 e. The molecule has 16 heavy (non-hydrogen) atoms. The van der Waals surface area contributed by atoms with E-state index in [-0.39, 0.29) is 24.8 Å². The Labute approximate surface area is 114 Å². The van der Waals surface area contributed by atoms with E-state index < -0.39 is 0 Å². The van der Waals surface area contributed by atoms with Gasteiger partial charge in [0.1, 0.15) is 0 Å². The summed E-state index contributed by atoms with van der Waals surface area (Å²) < 4.78 is 0. The van der Waals surface area contributed by atoms with Crippen molar-refractivity contribution in [1.82, 2.24) is 5.32 Å². The molecule has 1 aromatic rings. The quantitative estimate of drug-likeness (QED) is 0.852. The van der Waals surface area contributed by atoms with E-state index in [0.717, 1.165) is 31.2 Å². The standard InChI is InChI=1S/C11H15ClN2.2ClH/c1-9-10(12)3-2-4-11(9)14-7-5-13-6-8-14;;/h2-4,13H,5-8H2,1H3;2*1H. The van der Waals surface area contributed by atoms with E-state index >= 15 is 0 Å². The average molecular weight is 284 g/mol. The van der Waals surface area contributed by atoms with Gasteiger partial charge in [0.05, 0.1) is 0 Å². The monoisotopic (exact) mass is 282 g/mol. The first-order valence-electron chi connectivity index (χ1n) is 5.00. The molecule has 0 atom stereocenters. The minimum atomic E-state index is 0. The van der Waals surface area contributed by atoms with Gasteiger partial charge in [-0.1, -0.05) is 17.7 Å². The van der Waals surface area contributed by atoms with E-state index in [2.05, 4.69) is 23.2 Å². The van der Waals surface area contributed by atoms with E-state index in [0.29, 0.717) is 0 Å². The first-order chi connectivity index (χ1) is 6.79. The van der Waals surface area contributed by atoms with Crippen molar-refractivity contribution in [3.63, 3.8) is 0 Å². The summed E-state index contributed by atoms with van der Waals surface area (Å²) in [4.78, 5) is 2.39. The van der Waals surface area contributed by atoms with Crippen LogP contribution in [0.5, 0.6) is 0 Å². The molecular weight excluding hydrogens is 266 g/mol. The molecule has 5 heteroatoms. The molecule has 0 amide bonds. The van der Waals surface area contributed by atoms with Gasteiger partial charge in [-0.3, -0.25) is 0 Å². The fourth-order valence-electron chi connectivity index (χ4n) is 1.84. The van der Waals surface area contributed by atoms with Crippen molar-refractivity contribution in [3.05, 3.63) is 28.8 Å². The summed E-state index contributed by atoms with van der Waals surface area (Å²) in [6, 6.07) is 6.11. The smallest absolute Gasteiger partial charge is 0.0455 e. The zero-order chi connectivity index (χ0) is 9.97. The topological polar surface area (TPSA) is 15.3 Å². The molecule has 0 saturated carbocycles. The third-order valence-corrected chi connectivity index (χ3v) is 3.11. The zero-order valence-electron chi connectivity index (χ0n) is 9.20. The minimum absolute atomic E-state index is 0. The Kier molecular flexibility index (Phi) is 7.16. The molecule has 0 aromatic heterocycles. The summed E-state index contributed by atoms with van der Waals surface area (Å²) in [5.74, 6) is 0. The highest BCUT2D eigenvalue weighted by atomic mass is 35.5. The van der Waals surface area contributed by atoms with Crippen LogP contribution in [0.4, 0.5) is 5.69 Å². The fraction of sp³-hybridized carbons (Fsp3) is 0.455. The lowest BCUT2D eigenvalue weighted by Gasteiger charge is -2.30. The van der Waals surface area contributed by atoms with Crippen molar-refractivity contribution in [3.8, 4) is 0 Å². The maximum atomic E-state index is 6.09. The molecular formula is C11H17Cl3N2. The van der Waals surface area contributed by atoms with Crippen LogP contribution in [0.25, 0.3) is 0 Å². The van der Waals surface area contributed by atoms with Crippen LogP contribution >= 0.6 is 36.4 Å². The molecule has 1 aromatic carbocycles. The van der Waals surface area contributed by atoms with Gasteiger partial charge in [0.25, 0.3) is 0 Å². The number of halogens is 3. The molecule has 1 aliphatic heterocycles. The van der Waals surface area contributed by atoms with Crippen LogP contribution in [0.2, 0.25) is 5.02 Å². The Balaban J connectivity index is 0.00000112. The highest BCUT2D eigenvalue weighted by Crippen LogP contribution is 2.26. The number of rotatable bonds is 1. The lowest BCUT2D eigenvalue weighted by Crippen LogP contribution is -2.43. The van der Waals surface area contributed by atoms with Crippen molar-refractivity contribution in [2.75, 3.05) is 31.1 Å². The van der Waals surface area contributed by atoms with Gasteiger partial charge in [-0.05, 0) is 24.6 Å². The highest BCUT2D eigenvalue weighted by Gasteiger charge is 2.13. The van der Waals surface area contributed by atoms with E-state index in [4.69, 9.17) is 11.6 Å². The third-order valence-electron chi connectivity index (χ3n) is 2.70. The van der Waals surface area contributed by atoms with Gasteiger partial charge >= 0.3 is 0 Å².